The zero-order valence-corrected chi connectivity index (χ0v) is 16.0. The lowest BCUT2D eigenvalue weighted by atomic mass is 9.65. The maximum Gasteiger partial charge on any atom is 0.119 e. The lowest BCUT2D eigenvalue weighted by molar-refractivity contribution is 0.0772. The summed E-state index contributed by atoms with van der Waals surface area (Å²) in [6.45, 7) is 7.02. The van der Waals surface area contributed by atoms with Gasteiger partial charge < -0.3 is 4.74 Å². The number of hydrogen-bond acceptors (Lipinski definition) is 1. The highest BCUT2D eigenvalue weighted by Crippen LogP contribution is 2.48. The Labute approximate surface area is 157 Å². The van der Waals surface area contributed by atoms with Gasteiger partial charge in [0.15, 0.2) is 0 Å². The van der Waals surface area contributed by atoms with Crippen LogP contribution in [0, 0.1) is 12.3 Å². The Morgan fingerprint density at radius 3 is 2.54 bits per heavy atom. The largest absolute Gasteiger partial charge is 0.490 e. The van der Waals surface area contributed by atoms with Crippen LogP contribution in [0.3, 0.4) is 0 Å². The molecular weight excluding hydrogens is 316 g/mol. The highest BCUT2D eigenvalue weighted by atomic mass is 16.5. The minimum absolute atomic E-state index is 0.295. The Morgan fingerprint density at radius 2 is 1.73 bits per heavy atom. The van der Waals surface area contributed by atoms with Gasteiger partial charge in [-0.2, -0.15) is 0 Å². The van der Waals surface area contributed by atoms with Crippen LogP contribution in [0.15, 0.2) is 66.7 Å². The van der Waals surface area contributed by atoms with Crippen LogP contribution in [0.1, 0.15) is 50.2 Å². The summed E-state index contributed by atoms with van der Waals surface area (Å²) in [4.78, 5) is 0. The Morgan fingerprint density at radius 1 is 0.923 bits per heavy atom. The first kappa shape index (κ1) is 17.1. The van der Waals surface area contributed by atoms with Gasteiger partial charge in [0.2, 0.25) is 0 Å². The Balaban J connectivity index is 1.62. The predicted octanol–water partition coefficient (Wildman–Crippen LogP) is 6.89. The SMILES string of the molecule is Cc1cccc2cc(C3CC(Oc4ccccc4)CCC3(C)C)ccc12. The summed E-state index contributed by atoms with van der Waals surface area (Å²) in [6.07, 6.45) is 3.70. The van der Waals surface area contributed by atoms with E-state index in [9.17, 15) is 0 Å². The molecule has 0 N–H and O–H groups in total. The molecule has 0 aliphatic heterocycles. The van der Waals surface area contributed by atoms with E-state index < -0.39 is 0 Å². The Hall–Kier alpha value is -2.28. The van der Waals surface area contributed by atoms with Crippen molar-refractivity contribution in [3.63, 3.8) is 0 Å². The molecule has 1 aliphatic rings. The van der Waals surface area contributed by atoms with Crippen molar-refractivity contribution in [3.05, 3.63) is 77.9 Å². The van der Waals surface area contributed by atoms with Gasteiger partial charge >= 0.3 is 0 Å². The third kappa shape index (κ3) is 3.35. The number of hydrogen-bond donors (Lipinski definition) is 0. The standard InChI is InChI=1S/C25H28O/c1-18-8-7-9-19-16-20(12-13-23(18)19)24-17-22(14-15-25(24,2)3)26-21-10-5-4-6-11-21/h4-13,16,22,24H,14-15,17H2,1-3H3. The lowest BCUT2D eigenvalue weighted by Crippen LogP contribution is -2.35. The molecule has 1 heteroatoms. The van der Waals surface area contributed by atoms with E-state index in [-0.39, 0.29) is 0 Å². The van der Waals surface area contributed by atoms with Gasteiger partial charge in [-0.1, -0.05) is 68.4 Å². The maximum absolute atomic E-state index is 6.31. The third-order valence-electron chi connectivity index (χ3n) is 6.12. The van der Waals surface area contributed by atoms with Crippen LogP contribution in [0.4, 0.5) is 0 Å². The molecule has 134 valence electrons. The minimum Gasteiger partial charge on any atom is -0.490 e. The van der Waals surface area contributed by atoms with E-state index in [0.717, 1.165) is 18.6 Å². The van der Waals surface area contributed by atoms with Crippen LogP contribution in [0.25, 0.3) is 10.8 Å². The smallest absolute Gasteiger partial charge is 0.119 e. The third-order valence-corrected chi connectivity index (χ3v) is 6.12. The molecule has 1 saturated carbocycles. The van der Waals surface area contributed by atoms with Gasteiger partial charge in [-0.3, -0.25) is 0 Å². The lowest BCUT2D eigenvalue weighted by Gasteiger charge is -2.42. The van der Waals surface area contributed by atoms with E-state index in [0.29, 0.717) is 17.4 Å². The molecule has 3 aromatic carbocycles. The molecule has 0 heterocycles. The van der Waals surface area contributed by atoms with Gasteiger partial charge in [-0.15, -0.1) is 0 Å². The maximum atomic E-state index is 6.31. The van der Waals surface area contributed by atoms with Crippen LogP contribution < -0.4 is 4.74 Å². The molecule has 2 atom stereocenters. The van der Waals surface area contributed by atoms with Gasteiger partial charge in [-0.25, -0.2) is 0 Å². The van der Waals surface area contributed by atoms with Crippen molar-refractivity contribution >= 4 is 10.8 Å². The van der Waals surface area contributed by atoms with E-state index in [4.69, 9.17) is 4.74 Å². The first-order chi connectivity index (χ1) is 12.5. The van der Waals surface area contributed by atoms with Crippen molar-refractivity contribution in [2.75, 3.05) is 0 Å². The molecule has 0 amide bonds. The number of rotatable bonds is 3. The average Bonchev–Trinajstić information content (AvgIpc) is 2.64. The minimum atomic E-state index is 0.295. The van der Waals surface area contributed by atoms with Crippen LogP contribution in [0.2, 0.25) is 0 Å². The molecule has 26 heavy (non-hydrogen) atoms. The van der Waals surface area contributed by atoms with Gasteiger partial charge in [0, 0.05) is 0 Å². The van der Waals surface area contributed by atoms with E-state index in [2.05, 4.69) is 69.3 Å². The van der Waals surface area contributed by atoms with Crippen molar-refractivity contribution < 1.29 is 4.74 Å². The molecule has 1 nitrogen and oxygen atoms in total. The second kappa shape index (κ2) is 6.79. The molecule has 2 unspecified atom stereocenters. The molecular formula is C25H28O. The van der Waals surface area contributed by atoms with Crippen molar-refractivity contribution in [1.29, 1.82) is 0 Å². The summed E-state index contributed by atoms with van der Waals surface area (Å²) in [7, 11) is 0. The van der Waals surface area contributed by atoms with Crippen LogP contribution in [0.5, 0.6) is 5.75 Å². The Bertz CT molecular complexity index is 894. The Kier molecular flexibility index (Phi) is 4.48. The normalized spacial score (nSPS) is 22.3. The first-order valence-corrected chi connectivity index (χ1v) is 9.74. The summed E-state index contributed by atoms with van der Waals surface area (Å²) >= 11 is 0. The first-order valence-electron chi connectivity index (χ1n) is 9.74. The number of benzene rings is 3. The van der Waals surface area contributed by atoms with Crippen molar-refractivity contribution in [2.45, 2.75) is 52.1 Å². The van der Waals surface area contributed by atoms with E-state index in [1.165, 1.54) is 28.3 Å². The van der Waals surface area contributed by atoms with Crippen LogP contribution in [-0.2, 0) is 0 Å². The van der Waals surface area contributed by atoms with Crippen molar-refractivity contribution in [1.82, 2.24) is 0 Å². The number of fused-ring (bicyclic) bond motifs is 1. The number of ether oxygens (including phenoxy) is 1. The molecule has 1 fully saturated rings. The monoisotopic (exact) mass is 344 g/mol. The molecule has 1 aliphatic carbocycles. The van der Waals surface area contributed by atoms with Gasteiger partial charge in [0.25, 0.3) is 0 Å². The zero-order valence-electron chi connectivity index (χ0n) is 16.0. The highest BCUT2D eigenvalue weighted by Gasteiger charge is 2.38. The summed E-state index contributed by atoms with van der Waals surface area (Å²) < 4.78 is 6.31. The van der Waals surface area contributed by atoms with Crippen LogP contribution in [-0.4, -0.2) is 6.10 Å². The van der Waals surface area contributed by atoms with Crippen molar-refractivity contribution in [3.8, 4) is 5.75 Å². The molecule has 0 aromatic heterocycles. The molecule has 0 saturated heterocycles. The number of aryl methyl sites for hydroxylation is 1. The fourth-order valence-corrected chi connectivity index (χ4v) is 4.47. The molecule has 0 spiro atoms. The second-order valence-electron chi connectivity index (χ2n) is 8.42. The van der Waals surface area contributed by atoms with Gasteiger partial charge in [0.1, 0.15) is 5.75 Å². The van der Waals surface area contributed by atoms with E-state index in [1.807, 2.05) is 18.2 Å². The van der Waals surface area contributed by atoms with Crippen LogP contribution >= 0.6 is 0 Å². The fraction of sp³-hybridized carbons (Fsp3) is 0.360. The number of para-hydroxylation sites is 1. The predicted molar refractivity (Wildman–Crippen MR) is 110 cm³/mol. The van der Waals surface area contributed by atoms with E-state index in [1.54, 1.807) is 0 Å². The van der Waals surface area contributed by atoms with Crippen molar-refractivity contribution in [2.24, 2.45) is 5.41 Å². The van der Waals surface area contributed by atoms with E-state index >= 15 is 0 Å². The molecule has 3 aromatic rings. The summed E-state index contributed by atoms with van der Waals surface area (Å²) in [5, 5.41) is 2.71. The summed E-state index contributed by atoms with van der Waals surface area (Å²) in [5.74, 6) is 1.51. The molecule has 4 rings (SSSR count). The topological polar surface area (TPSA) is 9.23 Å². The average molecular weight is 344 g/mol. The van der Waals surface area contributed by atoms with Gasteiger partial charge in [-0.05, 0) is 71.6 Å². The van der Waals surface area contributed by atoms with Gasteiger partial charge in [0.05, 0.1) is 6.10 Å². The molecule has 0 radical (unpaired) electrons. The highest BCUT2D eigenvalue weighted by molar-refractivity contribution is 5.86. The second-order valence-corrected chi connectivity index (χ2v) is 8.42. The summed E-state index contributed by atoms with van der Waals surface area (Å²) in [6, 6.07) is 23.9. The molecule has 0 bridgehead atoms. The summed E-state index contributed by atoms with van der Waals surface area (Å²) in [5.41, 5.74) is 3.10. The fourth-order valence-electron chi connectivity index (χ4n) is 4.47. The quantitative estimate of drug-likeness (QED) is 0.502. The zero-order chi connectivity index (χ0) is 18.1.